The number of anilines is 1. The first-order chi connectivity index (χ1) is 11.8. The summed E-state index contributed by atoms with van der Waals surface area (Å²) in [5, 5.41) is 5.85. The summed E-state index contributed by atoms with van der Waals surface area (Å²) in [5.74, 6) is -0.287. The van der Waals surface area contributed by atoms with Crippen molar-refractivity contribution in [3.8, 4) is 0 Å². The van der Waals surface area contributed by atoms with Gasteiger partial charge in [0.05, 0.1) is 23.5 Å². The molecule has 1 aliphatic rings. The SMILES string of the molecule is Fc1ccccc1N1C(=S)NC(c2ccccn2)C1c1cccs1. The molecule has 1 fully saturated rings. The smallest absolute Gasteiger partial charge is 0.174 e. The molecule has 1 aliphatic heterocycles. The van der Waals surface area contributed by atoms with Crippen molar-refractivity contribution in [1.82, 2.24) is 10.3 Å². The Morgan fingerprint density at radius 2 is 1.92 bits per heavy atom. The molecule has 0 bridgehead atoms. The number of hydrogen-bond donors (Lipinski definition) is 1. The molecule has 2 atom stereocenters. The average molecular weight is 355 g/mol. The van der Waals surface area contributed by atoms with Gasteiger partial charge < -0.3 is 10.2 Å². The molecule has 6 heteroatoms. The minimum absolute atomic E-state index is 0.128. The fourth-order valence-electron chi connectivity index (χ4n) is 3.01. The third-order valence-electron chi connectivity index (χ3n) is 4.04. The maximum absolute atomic E-state index is 14.4. The predicted molar refractivity (Wildman–Crippen MR) is 98.7 cm³/mol. The van der Waals surface area contributed by atoms with Gasteiger partial charge >= 0.3 is 0 Å². The fourth-order valence-corrected chi connectivity index (χ4v) is 4.20. The van der Waals surface area contributed by atoms with Crippen molar-refractivity contribution in [3.05, 3.63) is 82.6 Å². The monoisotopic (exact) mass is 355 g/mol. The van der Waals surface area contributed by atoms with E-state index in [4.69, 9.17) is 12.2 Å². The van der Waals surface area contributed by atoms with Crippen molar-refractivity contribution < 1.29 is 4.39 Å². The molecule has 0 spiro atoms. The number of aromatic nitrogens is 1. The molecule has 0 amide bonds. The highest BCUT2D eigenvalue weighted by Crippen LogP contribution is 2.43. The Morgan fingerprint density at radius 3 is 2.62 bits per heavy atom. The van der Waals surface area contributed by atoms with Crippen LogP contribution in [0.5, 0.6) is 0 Å². The summed E-state index contributed by atoms with van der Waals surface area (Å²) in [5.41, 5.74) is 1.36. The summed E-state index contributed by atoms with van der Waals surface area (Å²) >= 11 is 7.17. The summed E-state index contributed by atoms with van der Waals surface area (Å²) in [6, 6.07) is 16.3. The molecule has 1 N–H and O–H groups in total. The van der Waals surface area contributed by atoms with Gasteiger partial charge in [-0.1, -0.05) is 24.3 Å². The highest BCUT2D eigenvalue weighted by molar-refractivity contribution is 7.80. The minimum Gasteiger partial charge on any atom is -0.351 e. The predicted octanol–water partition coefficient (Wildman–Crippen LogP) is 4.46. The number of para-hydroxylation sites is 1. The van der Waals surface area contributed by atoms with Gasteiger partial charge in [0.1, 0.15) is 5.82 Å². The highest BCUT2D eigenvalue weighted by Gasteiger charge is 2.41. The lowest BCUT2D eigenvalue weighted by atomic mass is 10.0. The van der Waals surface area contributed by atoms with Crippen LogP contribution < -0.4 is 10.2 Å². The van der Waals surface area contributed by atoms with Crippen LogP contribution in [0.3, 0.4) is 0 Å². The van der Waals surface area contributed by atoms with Gasteiger partial charge in [-0.2, -0.15) is 0 Å². The van der Waals surface area contributed by atoms with Gasteiger partial charge in [0.15, 0.2) is 5.11 Å². The number of nitrogens with one attached hydrogen (secondary N) is 1. The Bertz CT molecular complexity index is 852. The quantitative estimate of drug-likeness (QED) is 0.702. The van der Waals surface area contributed by atoms with Gasteiger partial charge in [0.2, 0.25) is 0 Å². The molecule has 1 saturated heterocycles. The molecule has 4 rings (SSSR count). The van der Waals surface area contributed by atoms with E-state index >= 15 is 0 Å². The van der Waals surface area contributed by atoms with Gasteiger partial charge in [0, 0.05) is 11.1 Å². The van der Waals surface area contributed by atoms with Crippen molar-refractivity contribution in [1.29, 1.82) is 0 Å². The molecule has 1 aromatic carbocycles. The molecule has 3 nitrogen and oxygen atoms in total. The third kappa shape index (κ3) is 2.57. The van der Waals surface area contributed by atoms with Crippen molar-refractivity contribution in [2.24, 2.45) is 0 Å². The lowest BCUT2D eigenvalue weighted by Gasteiger charge is -2.27. The molecule has 3 heterocycles. The third-order valence-corrected chi connectivity index (χ3v) is 5.30. The summed E-state index contributed by atoms with van der Waals surface area (Å²) in [7, 11) is 0. The number of pyridine rings is 1. The molecular formula is C18H14FN3S2. The van der Waals surface area contributed by atoms with Crippen LogP contribution in [0.25, 0.3) is 0 Å². The first-order valence-corrected chi connectivity index (χ1v) is 8.83. The summed E-state index contributed by atoms with van der Waals surface area (Å²) in [6.07, 6.45) is 1.76. The van der Waals surface area contributed by atoms with Crippen molar-refractivity contribution in [2.45, 2.75) is 12.1 Å². The molecule has 0 saturated carbocycles. The van der Waals surface area contributed by atoms with Gasteiger partial charge in [-0.25, -0.2) is 4.39 Å². The molecule has 2 aromatic heterocycles. The number of thiocarbonyl (C=S) groups is 1. The maximum atomic E-state index is 14.4. The number of benzene rings is 1. The minimum atomic E-state index is -0.287. The number of rotatable bonds is 3. The molecule has 0 aliphatic carbocycles. The maximum Gasteiger partial charge on any atom is 0.174 e. The van der Waals surface area contributed by atoms with E-state index in [1.807, 2.05) is 40.6 Å². The van der Waals surface area contributed by atoms with E-state index in [2.05, 4.69) is 16.4 Å². The van der Waals surface area contributed by atoms with E-state index < -0.39 is 0 Å². The second kappa shape index (κ2) is 6.30. The Labute approximate surface area is 148 Å². The number of thiophene rings is 1. The molecule has 24 heavy (non-hydrogen) atoms. The van der Waals surface area contributed by atoms with Gasteiger partial charge in [-0.3, -0.25) is 4.98 Å². The molecular weight excluding hydrogens is 341 g/mol. The second-order valence-electron chi connectivity index (χ2n) is 5.46. The van der Waals surface area contributed by atoms with Crippen LogP contribution in [-0.2, 0) is 0 Å². The molecule has 120 valence electrons. The summed E-state index contributed by atoms with van der Waals surface area (Å²) in [6.45, 7) is 0. The molecule has 3 aromatic rings. The first kappa shape index (κ1) is 15.2. The topological polar surface area (TPSA) is 28.2 Å². The van der Waals surface area contributed by atoms with Crippen molar-refractivity contribution in [3.63, 3.8) is 0 Å². The lowest BCUT2D eigenvalue weighted by molar-refractivity contribution is 0.565. The van der Waals surface area contributed by atoms with Crippen LogP contribution in [0.2, 0.25) is 0 Å². The van der Waals surface area contributed by atoms with Crippen molar-refractivity contribution >= 4 is 34.4 Å². The largest absolute Gasteiger partial charge is 0.351 e. The normalized spacial score (nSPS) is 20.2. The van der Waals surface area contributed by atoms with E-state index in [-0.39, 0.29) is 17.9 Å². The Hall–Kier alpha value is -2.31. The van der Waals surface area contributed by atoms with E-state index in [1.54, 1.807) is 29.7 Å². The van der Waals surface area contributed by atoms with Crippen LogP contribution in [0, 0.1) is 5.82 Å². The first-order valence-electron chi connectivity index (χ1n) is 7.54. The number of nitrogens with zero attached hydrogens (tertiary/aromatic N) is 2. The summed E-state index contributed by atoms with van der Waals surface area (Å²) < 4.78 is 14.4. The zero-order valence-electron chi connectivity index (χ0n) is 12.6. The van der Waals surface area contributed by atoms with Crippen LogP contribution in [0.15, 0.2) is 66.2 Å². The van der Waals surface area contributed by atoms with Gasteiger partial charge in [-0.05, 0) is 47.9 Å². The molecule has 2 unspecified atom stereocenters. The number of halogens is 1. The van der Waals surface area contributed by atoms with Crippen LogP contribution in [0.1, 0.15) is 22.7 Å². The lowest BCUT2D eigenvalue weighted by Crippen LogP contribution is -2.29. The van der Waals surface area contributed by atoms with Gasteiger partial charge in [-0.15, -0.1) is 11.3 Å². The zero-order valence-corrected chi connectivity index (χ0v) is 14.2. The molecule has 0 radical (unpaired) electrons. The fraction of sp³-hybridized carbons (Fsp3) is 0.111. The standard InChI is InChI=1S/C18H14FN3S2/c19-12-6-1-2-8-14(12)22-17(15-9-5-11-24-15)16(21-18(22)23)13-7-3-4-10-20-13/h1-11,16-17H,(H,21,23). The van der Waals surface area contributed by atoms with E-state index in [9.17, 15) is 4.39 Å². The Balaban J connectivity index is 1.84. The van der Waals surface area contributed by atoms with Crippen LogP contribution in [0.4, 0.5) is 10.1 Å². The second-order valence-corrected chi connectivity index (χ2v) is 6.83. The van der Waals surface area contributed by atoms with E-state index in [0.717, 1.165) is 10.6 Å². The Kier molecular flexibility index (Phi) is 4.00. The Morgan fingerprint density at radius 1 is 1.08 bits per heavy atom. The van der Waals surface area contributed by atoms with Crippen molar-refractivity contribution in [2.75, 3.05) is 4.90 Å². The van der Waals surface area contributed by atoms with E-state index in [1.165, 1.54) is 6.07 Å². The van der Waals surface area contributed by atoms with Crippen LogP contribution in [-0.4, -0.2) is 10.1 Å². The van der Waals surface area contributed by atoms with Gasteiger partial charge in [0.25, 0.3) is 0 Å². The number of hydrogen-bond acceptors (Lipinski definition) is 3. The highest BCUT2D eigenvalue weighted by atomic mass is 32.1. The zero-order chi connectivity index (χ0) is 16.5. The average Bonchev–Trinajstić information content (AvgIpc) is 3.24. The van der Waals surface area contributed by atoms with Crippen LogP contribution >= 0.6 is 23.6 Å². The van der Waals surface area contributed by atoms with E-state index in [0.29, 0.717) is 10.8 Å². The summed E-state index contributed by atoms with van der Waals surface area (Å²) in [4.78, 5) is 7.44.